The van der Waals surface area contributed by atoms with Gasteiger partial charge in [0.2, 0.25) is 5.91 Å². The molecule has 0 spiro atoms. The van der Waals surface area contributed by atoms with E-state index in [0.717, 1.165) is 0 Å². The van der Waals surface area contributed by atoms with Crippen LogP contribution in [0, 0.1) is 5.82 Å². The van der Waals surface area contributed by atoms with Crippen LogP contribution < -0.4 is 10.1 Å². The molecule has 0 atom stereocenters. The van der Waals surface area contributed by atoms with Gasteiger partial charge < -0.3 is 10.1 Å². The summed E-state index contributed by atoms with van der Waals surface area (Å²) in [5.74, 6) is -0.100. The third-order valence-corrected chi connectivity index (χ3v) is 3.00. The smallest absolute Gasteiger partial charge is 0.236 e. The Morgan fingerprint density at radius 3 is 3.06 bits per heavy atom. The van der Waals surface area contributed by atoms with Crippen molar-refractivity contribution in [2.45, 2.75) is 0 Å². The molecule has 0 saturated carbocycles. The molecular weight excluding hydrogens is 257 g/mol. The van der Waals surface area contributed by atoms with E-state index in [0.29, 0.717) is 16.5 Å². The number of nitrogens with one attached hydrogen (secondary N) is 1. The van der Waals surface area contributed by atoms with E-state index in [1.54, 1.807) is 12.1 Å². The minimum absolute atomic E-state index is 0.0997. The second kappa shape index (κ2) is 5.63. The van der Waals surface area contributed by atoms with Crippen molar-refractivity contribution in [3.05, 3.63) is 29.6 Å². The van der Waals surface area contributed by atoms with E-state index in [1.165, 1.54) is 31.2 Å². The lowest BCUT2D eigenvalue weighted by atomic mass is 10.2. The first-order valence-corrected chi connectivity index (χ1v) is 6.05. The number of hydrogen-bond acceptors (Lipinski definition) is 5. The van der Waals surface area contributed by atoms with Gasteiger partial charge in [0.05, 0.1) is 19.1 Å². The Kier molecular flexibility index (Phi) is 3.93. The van der Waals surface area contributed by atoms with Crippen molar-refractivity contribution >= 4 is 29.1 Å². The molecule has 0 aliphatic carbocycles. The van der Waals surface area contributed by atoms with Crippen LogP contribution >= 0.6 is 11.8 Å². The first-order chi connectivity index (χ1) is 8.70. The number of thioether (sulfide) groups is 1. The molecule has 0 bridgehead atoms. The van der Waals surface area contributed by atoms with Gasteiger partial charge in [0.1, 0.15) is 0 Å². The molecule has 1 aromatic carbocycles. The van der Waals surface area contributed by atoms with Crippen LogP contribution in [0.2, 0.25) is 0 Å². The fourth-order valence-corrected chi connectivity index (χ4v) is 2.00. The van der Waals surface area contributed by atoms with Crippen molar-refractivity contribution in [1.82, 2.24) is 5.32 Å². The van der Waals surface area contributed by atoms with Gasteiger partial charge >= 0.3 is 0 Å². The number of para-hydroxylation sites is 1. The molecule has 1 saturated heterocycles. The molecular formula is C11H10FN3O2S. The number of methoxy groups -OCH3 is 1. The van der Waals surface area contributed by atoms with Crippen molar-refractivity contribution in [3.63, 3.8) is 0 Å². The molecule has 5 nitrogen and oxygen atoms in total. The Balaban J connectivity index is 2.14. The zero-order valence-corrected chi connectivity index (χ0v) is 10.3. The van der Waals surface area contributed by atoms with Gasteiger partial charge in [-0.3, -0.25) is 4.79 Å². The van der Waals surface area contributed by atoms with Crippen LogP contribution in [-0.4, -0.2) is 30.2 Å². The molecule has 1 fully saturated rings. The Labute approximate surface area is 107 Å². The highest BCUT2D eigenvalue weighted by Crippen LogP contribution is 2.20. The fourth-order valence-electron chi connectivity index (χ4n) is 1.37. The van der Waals surface area contributed by atoms with Gasteiger partial charge in [-0.2, -0.15) is 5.10 Å². The SMILES string of the molecule is COc1c(F)cccc1C=NN=C1NC(=O)CS1. The molecule has 1 N–H and O–H groups in total. The monoisotopic (exact) mass is 267 g/mol. The highest BCUT2D eigenvalue weighted by molar-refractivity contribution is 8.15. The van der Waals surface area contributed by atoms with Gasteiger partial charge in [0, 0.05) is 5.56 Å². The van der Waals surface area contributed by atoms with Crippen LogP contribution in [0.4, 0.5) is 4.39 Å². The highest BCUT2D eigenvalue weighted by atomic mass is 32.2. The number of amidine groups is 1. The minimum atomic E-state index is -0.461. The van der Waals surface area contributed by atoms with Gasteiger partial charge in [0.25, 0.3) is 0 Å². The van der Waals surface area contributed by atoms with Gasteiger partial charge in [-0.05, 0) is 12.1 Å². The van der Waals surface area contributed by atoms with E-state index in [2.05, 4.69) is 15.5 Å². The molecule has 1 heterocycles. The average Bonchev–Trinajstić information content (AvgIpc) is 2.75. The van der Waals surface area contributed by atoms with E-state index in [9.17, 15) is 9.18 Å². The summed E-state index contributed by atoms with van der Waals surface area (Å²) in [7, 11) is 1.38. The summed E-state index contributed by atoms with van der Waals surface area (Å²) in [6, 6.07) is 4.51. The van der Waals surface area contributed by atoms with Crippen molar-refractivity contribution in [1.29, 1.82) is 0 Å². The number of nitrogens with zero attached hydrogens (tertiary/aromatic N) is 2. The molecule has 7 heteroatoms. The molecule has 0 unspecified atom stereocenters. The third-order valence-electron chi connectivity index (χ3n) is 2.13. The van der Waals surface area contributed by atoms with Crippen LogP contribution in [0.15, 0.2) is 28.4 Å². The fraction of sp³-hybridized carbons (Fsp3) is 0.182. The first kappa shape index (κ1) is 12.6. The van der Waals surface area contributed by atoms with E-state index >= 15 is 0 Å². The topological polar surface area (TPSA) is 63.1 Å². The number of benzene rings is 1. The first-order valence-electron chi connectivity index (χ1n) is 5.07. The minimum Gasteiger partial charge on any atom is -0.493 e. The summed E-state index contributed by atoms with van der Waals surface area (Å²) in [6.45, 7) is 0. The molecule has 0 aromatic heterocycles. The van der Waals surface area contributed by atoms with E-state index in [-0.39, 0.29) is 11.7 Å². The zero-order valence-electron chi connectivity index (χ0n) is 9.51. The Morgan fingerprint density at radius 2 is 2.39 bits per heavy atom. The molecule has 18 heavy (non-hydrogen) atoms. The molecule has 94 valence electrons. The molecule has 1 amide bonds. The molecule has 1 aliphatic rings. The van der Waals surface area contributed by atoms with E-state index in [1.807, 2.05) is 0 Å². The normalized spacial score (nSPS) is 17.4. The number of carbonyl (C=O) groups is 1. The van der Waals surface area contributed by atoms with E-state index < -0.39 is 5.82 Å². The third kappa shape index (κ3) is 2.86. The molecule has 0 radical (unpaired) electrons. The van der Waals surface area contributed by atoms with Crippen molar-refractivity contribution in [2.75, 3.05) is 12.9 Å². The van der Waals surface area contributed by atoms with Crippen molar-refractivity contribution < 1.29 is 13.9 Å². The lowest BCUT2D eigenvalue weighted by Gasteiger charge is -2.03. The summed E-state index contributed by atoms with van der Waals surface area (Å²) in [5.41, 5.74) is 0.483. The van der Waals surface area contributed by atoms with Gasteiger partial charge in [-0.15, -0.1) is 5.10 Å². The summed E-state index contributed by atoms with van der Waals surface area (Å²) in [6.07, 6.45) is 1.37. The molecule has 1 aliphatic heterocycles. The number of hydrogen-bond donors (Lipinski definition) is 1. The second-order valence-electron chi connectivity index (χ2n) is 3.35. The standard InChI is InChI=1S/C11H10FN3O2S/c1-17-10-7(3-2-4-8(10)12)5-13-15-11-14-9(16)6-18-11/h2-5H,6H2,1H3,(H,14,15,16). The largest absolute Gasteiger partial charge is 0.493 e. The molecule has 2 rings (SSSR count). The predicted molar refractivity (Wildman–Crippen MR) is 68.6 cm³/mol. The second-order valence-corrected chi connectivity index (χ2v) is 4.31. The van der Waals surface area contributed by atoms with Crippen LogP contribution in [-0.2, 0) is 4.79 Å². The van der Waals surface area contributed by atoms with E-state index in [4.69, 9.17) is 4.74 Å². The maximum Gasteiger partial charge on any atom is 0.236 e. The van der Waals surface area contributed by atoms with Crippen LogP contribution in [0.1, 0.15) is 5.56 Å². The summed E-state index contributed by atoms with van der Waals surface area (Å²) in [5, 5.41) is 10.6. The Bertz CT molecular complexity index is 531. The van der Waals surface area contributed by atoms with Gasteiger partial charge in [0.15, 0.2) is 16.7 Å². The number of amides is 1. The number of carbonyl (C=O) groups excluding carboxylic acids is 1. The lowest BCUT2D eigenvalue weighted by Crippen LogP contribution is -2.19. The summed E-state index contributed by atoms with van der Waals surface area (Å²) >= 11 is 1.27. The number of halogens is 1. The van der Waals surface area contributed by atoms with Crippen LogP contribution in [0.3, 0.4) is 0 Å². The van der Waals surface area contributed by atoms with Gasteiger partial charge in [-0.25, -0.2) is 4.39 Å². The number of rotatable bonds is 3. The quantitative estimate of drug-likeness (QED) is 0.665. The average molecular weight is 267 g/mol. The maximum absolute atomic E-state index is 13.3. The highest BCUT2D eigenvalue weighted by Gasteiger charge is 2.16. The van der Waals surface area contributed by atoms with Crippen LogP contribution in [0.5, 0.6) is 5.75 Å². The molecule has 1 aromatic rings. The summed E-state index contributed by atoms with van der Waals surface area (Å²) in [4.78, 5) is 10.9. The predicted octanol–water partition coefficient (Wildman–Crippen LogP) is 1.39. The maximum atomic E-state index is 13.3. The van der Waals surface area contributed by atoms with Crippen molar-refractivity contribution in [3.8, 4) is 5.75 Å². The zero-order chi connectivity index (χ0) is 13.0. The van der Waals surface area contributed by atoms with Crippen LogP contribution in [0.25, 0.3) is 0 Å². The Hall–Kier alpha value is -1.89. The summed E-state index contributed by atoms with van der Waals surface area (Å²) < 4.78 is 18.3. The van der Waals surface area contributed by atoms with Crippen molar-refractivity contribution in [2.24, 2.45) is 10.2 Å². The lowest BCUT2D eigenvalue weighted by molar-refractivity contribution is -0.116. The number of ether oxygens (including phenoxy) is 1. The Morgan fingerprint density at radius 1 is 1.56 bits per heavy atom. The van der Waals surface area contributed by atoms with Gasteiger partial charge in [-0.1, -0.05) is 17.8 Å².